The third-order valence-electron chi connectivity index (χ3n) is 4.14. The lowest BCUT2D eigenvalue weighted by Crippen LogP contribution is -2.03. The van der Waals surface area contributed by atoms with Crippen molar-refractivity contribution in [2.24, 2.45) is 0 Å². The van der Waals surface area contributed by atoms with Gasteiger partial charge in [-0.05, 0) is 37.6 Å². The lowest BCUT2D eigenvalue weighted by molar-refractivity contribution is 1.11. The average Bonchev–Trinajstić information content (AvgIpc) is 2.64. The molecule has 0 radical (unpaired) electrons. The molecule has 0 bridgehead atoms. The van der Waals surface area contributed by atoms with E-state index in [1.54, 1.807) is 6.20 Å². The van der Waals surface area contributed by atoms with Gasteiger partial charge in [0.05, 0.1) is 11.2 Å². The molecule has 2 aromatic heterocycles. The molecule has 0 aliphatic heterocycles. The Balaban J connectivity index is 1.67. The Bertz CT molecular complexity index is 1070. The zero-order chi connectivity index (χ0) is 17.9. The Morgan fingerprint density at radius 2 is 1.58 bits per heavy atom. The fourth-order valence-corrected chi connectivity index (χ4v) is 2.87. The third kappa shape index (κ3) is 3.32. The highest BCUT2D eigenvalue weighted by atomic mass is 15.1. The van der Waals surface area contributed by atoms with E-state index in [1.165, 1.54) is 0 Å². The van der Waals surface area contributed by atoms with Gasteiger partial charge in [0.1, 0.15) is 5.82 Å². The van der Waals surface area contributed by atoms with Crippen molar-refractivity contribution in [3.63, 3.8) is 0 Å². The number of hydrogen-bond acceptors (Lipinski definition) is 5. The first kappa shape index (κ1) is 16.0. The van der Waals surface area contributed by atoms with Crippen molar-refractivity contribution in [2.75, 3.05) is 10.6 Å². The third-order valence-corrected chi connectivity index (χ3v) is 4.14. The van der Waals surface area contributed by atoms with Gasteiger partial charge >= 0.3 is 0 Å². The molecular formula is C21H19N5. The van der Waals surface area contributed by atoms with Crippen LogP contribution in [0, 0.1) is 13.8 Å². The molecule has 4 aromatic rings. The molecule has 0 aliphatic carbocycles. The molecule has 0 saturated heterocycles. The van der Waals surface area contributed by atoms with Gasteiger partial charge in [-0.25, -0.2) is 4.98 Å². The minimum atomic E-state index is 0.541. The Kier molecular flexibility index (Phi) is 4.19. The van der Waals surface area contributed by atoms with Crippen molar-refractivity contribution in [2.45, 2.75) is 13.8 Å². The van der Waals surface area contributed by atoms with Crippen LogP contribution in [0.2, 0.25) is 0 Å². The van der Waals surface area contributed by atoms with Crippen molar-refractivity contribution in [3.8, 4) is 0 Å². The fourth-order valence-electron chi connectivity index (χ4n) is 2.87. The molecule has 0 aliphatic rings. The fraction of sp³-hybridized carbons (Fsp3) is 0.0952. The van der Waals surface area contributed by atoms with Gasteiger partial charge in [-0.15, -0.1) is 0 Å². The van der Waals surface area contributed by atoms with E-state index >= 15 is 0 Å². The summed E-state index contributed by atoms with van der Waals surface area (Å²) in [6.07, 6.45) is 1.79. The largest absolute Gasteiger partial charge is 0.340 e. The second kappa shape index (κ2) is 6.80. The van der Waals surface area contributed by atoms with Crippen molar-refractivity contribution in [3.05, 3.63) is 78.1 Å². The SMILES string of the molecule is Cc1cc(Nc2ccccc2C)nc(Nc2cccc3cccnc23)n1. The maximum Gasteiger partial charge on any atom is 0.229 e. The number of aromatic nitrogens is 3. The first-order chi connectivity index (χ1) is 12.7. The number of benzene rings is 2. The molecule has 26 heavy (non-hydrogen) atoms. The quantitative estimate of drug-likeness (QED) is 0.539. The zero-order valence-corrected chi connectivity index (χ0v) is 14.7. The summed E-state index contributed by atoms with van der Waals surface area (Å²) in [7, 11) is 0. The zero-order valence-electron chi connectivity index (χ0n) is 14.7. The van der Waals surface area contributed by atoms with Crippen LogP contribution >= 0.6 is 0 Å². The Morgan fingerprint density at radius 3 is 2.46 bits per heavy atom. The summed E-state index contributed by atoms with van der Waals surface area (Å²) in [4.78, 5) is 13.6. The second-order valence-electron chi connectivity index (χ2n) is 6.16. The van der Waals surface area contributed by atoms with E-state index in [0.29, 0.717) is 5.95 Å². The van der Waals surface area contributed by atoms with Gasteiger partial charge in [0, 0.05) is 29.0 Å². The maximum atomic E-state index is 4.61. The molecule has 5 heteroatoms. The minimum Gasteiger partial charge on any atom is -0.340 e. The predicted molar refractivity (Wildman–Crippen MR) is 106 cm³/mol. The molecule has 2 N–H and O–H groups in total. The van der Waals surface area contributed by atoms with Crippen molar-refractivity contribution < 1.29 is 0 Å². The highest BCUT2D eigenvalue weighted by Gasteiger charge is 2.07. The number of fused-ring (bicyclic) bond motifs is 1. The molecule has 5 nitrogen and oxygen atoms in total. The number of hydrogen-bond donors (Lipinski definition) is 2. The van der Waals surface area contributed by atoms with Gasteiger partial charge < -0.3 is 10.6 Å². The molecule has 4 rings (SSSR count). The second-order valence-corrected chi connectivity index (χ2v) is 6.16. The number of nitrogens with one attached hydrogen (secondary N) is 2. The Labute approximate surface area is 152 Å². The lowest BCUT2D eigenvalue weighted by atomic mass is 10.2. The van der Waals surface area contributed by atoms with Gasteiger partial charge in [-0.1, -0.05) is 36.4 Å². The molecule has 0 saturated carbocycles. The smallest absolute Gasteiger partial charge is 0.229 e. The summed E-state index contributed by atoms with van der Waals surface area (Å²) in [5, 5.41) is 7.75. The first-order valence-electron chi connectivity index (χ1n) is 8.48. The molecule has 0 amide bonds. The molecule has 2 heterocycles. The van der Waals surface area contributed by atoms with E-state index in [1.807, 2.05) is 61.5 Å². The summed E-state index contributed by atoms with van der Waals surface area (Å²) < 4.78 is 0. The first-order valence-corrected chi connectivity index (χ1v) is 8.48. The van der Waals surface area contributed by atoms with E-state index < -0.39 is 0 Å². The van der Waals surface area contributed by atoms with Crippen molar-refractivity contribution in [1.29, 1.82) is 0 Å². The minimum absolute atomic E-state index is 0.541. The maximum absolute atomic E-state index is 4.61. The number of rotatable bonds is 4. The number of para-hydroxylation sites is 2. The molecule has 2 aromatic carbocycles. The van der Waals surface area contributed by atoms with Gasteiger partial charge in [-0.2, -0.15) is 4.98 Å². The summed E-state index contributed by atoms with van der Waals surface area (Å²) >= 11 is 0. The summed E-state index contributed by atoms with van der Waals surface area (Å²) in [5.74, 6) is 1.29. The van der Waals surface area contributed by atoms with E-state index in [2.05, 4.69) is 38.6 Å². The van der Waals surface area contributed by atoms with Gasteiger partial charge in [0.2, 0.25) is 5.95 Å². The van der Waals surface area contributed by atoms with Gasteiger partial charge in [0.25, 0.3) is 0 Å². The van der Waals surface area contributed by atoms with Crippen LogP contribution in [0.25, 0.3) is 10.9 Å². The number of aryl methyl sites for hydroxylation is 2. The highest BCUT2D eigenvalue weighted by Crippen LogP contribution is 2.25. The topological polar surface area (TPSA) is 62.7 Å². The van der Waals surface area contributed by atoms with Gasteiger partial charge in [-0.3, -0.25) is 4.98 Å². The van der Waals surface area contributed by atoms with E-state index in [9.17, 15) is 0 Å². The highest BCUT2D eigenvalue weighted by molar-refractivity contribution is 5.91. The van der Waals surface area contributed by atoms with Crippen molar-refractivity contribution in [1.82, 2.24) is 15.0 Å². The number of anilines is 4. The van der Waals surface area contributed by atoms with E-state index in [-0.39, 0.29) is 0 Å². The predicted octanol–water partition coefficient (Wildman–Crippen LogP) is 5.13. The standard InChI is InChI=1S/C21H19N5/c1-14-7-3-4-10-17(14)24-19-13-15(2)23-21(26-19)25-18-11-5-8-16-9-6-12-22-20(16)18/h3-13H,1-2H3,(H2,23,24,25,26). The van der Waals surface area contributed by atoms with Crippen molar-refractivity contribution >= 4 is 34.0 Å². The Hall–Kier alpha value is -3.47. The molecule has 0 spiro atoms. The number of pyridine rings is 1. The van der Waals surface area contributed by atoms with Crippen LogP contribution in [0.15, 0.2) is 66.9 Å². The molecular weight excluding hydrogens is 322 g/mol. The van der Waals surface area contributed by atoms with Crippen LogP contribution in [-0.2, 0) is 0 Å². The monoisotopic (exact) mass is 341 g/mol. The molecule has 0 fully saturated rings. The normalized spacial score (nSPS) is 10.7. The van der Waals surface area contributed by atoms with Crippen LogP contribution in [0.4, 0.5) is 23.1 Å². The lowest BCUT2D eigenvalue weighted by Gasteiger charge is -2.12. The van der Waals surface area contributed by atoms with E-state index in [4.69, 9.17) is 0 Å². The van der Waals surface area contributed by atoms with Crippen LogP contribution in [-0.4, -0.2) is 15.0 Å². The summed E-state index contributed by atoms with van der Waals surface area (Å²) in [6, 6.07) is 20.0. The number of nitrogens with zero attached hydrogens (tertiary/aromatic N) is 3. The van der Waals surface area contributed by atoms with E-state index in [0.717, 1.165) is 39.4 Å². The average molecular weight is 341 g/mol. The molecule has 0 unspecified atom stereocenters. The molecule has 0 atom stereocenters. The molecule has 128 valence electrons. The van der Waals surface area contributed by atoms with Crippen LogP contribution < -0.4 is 10.6 Å². The van der Waals surface area contributed by atoms with Crippen LogP contribution in [0.3, 0.4) is 0 Å². The Morgan fingerprint density at radius 1 is 0.769 bits per heavy atom. The van der Waals surface area contributed by atoms with Crippen LogP contribution in [0.5, 0.6) is 0 Å². The van der Waals surface area contributed by atoms with Gasteiger partial charge in [0.15, 0.2) is 0 Å². The summed E-state index contributed by atoms with van der Waals surface area (Å²) in [6.45, 7) is 4.02. The van der Waals surface area contributed by atoms with Crippen LogP contribution in [0.1, 0.15) is 11.3 Å². The summed E-state index contributed by atoms with van der Waals surface area (Å²) in [5.41, 5.74) is 4.86.